The molecule has 0 amide bonds. The van der Waals surface area contributed by atoms with E-state index in [9.17, 15) is 4.79 Å². The van der Waals surface area contributed by atoms with E-state index in [-0.39, 0.29) is 11.5 Å². The molecule has 0 atom stereocenters. The quantitative estimate of drug-likeness (QED) is 0.775. The summed E-state index contributed by atoms with van der Waals surface area (Å²) in [6.45, 7) is 2.94. The summed E-state index contributed by atoms with van der Waals surface area (Å²) in [6.07, 6.45) is 3.55. The zero-order chi connectivity index (χ0) is 12.1. The number of rotatable bonds is 5. The van der Waals surface area contributed by atoms with Crippen molar-refractivity contribution in [3.63, 3.8) is 0 Å². The minimum atomic E-state index is -1.16. The number of nitrogens with two attached hydrogens (primary N) is 1. The van der Waals surface area contributed by atoms with Gasteiger partial charge in [-0.15, -0.1) is 0 Å². The van der Waals surface area contributed by atoms with Crippen LogP contribution in [-0.2, 0) is 0 Å². The summed E-state index contributed by atoms with van der Waals surface area (Å²) in [6, 6.07) is 0. The molecular formula is C10H16N4O2. The first kappa shape index (κ1) is 12.2. The van der Waals surface area contributed by atoms with Gasteiger partial charge in [0.25, 0.3) is 0 Å². The normalized spacial score (nSPS) is 10.1. The van der Waals surface area contributed by atoms with E-state index in [0.29, 0.717) is 5.82 Å². The van der Waals surface area contributed by atoms with Gasteiger partial charge in [-0.3, -0.25) is 0 Å². The summed E-state index contributed by atoms with van der Waals surface area (Å²) in [5, 5.41) is 8.74. The van der Waals surface area contributed by atoms with Gasteiger partial charge >= 0.3 is 5.97 Å². The summed E-state index contributed by atoms with van der Waals surface area (Å²) in [5.74, 6) is -0.614. The molecule has 0 aliphatic heterocycles. The molecule has 16 heavy (non-hydrogen) atoms. The Morgan fingerprint density at radius 2 is 2.31 bits per heavy atom. The molecule has 0 saturated heterocycles. The van der Waals surface area contributed by atoms with Gasteiger partial charge in [-0.1, -0.05) is 13.3 Å². The Balaban J connectivity index is 2.84. The number of carbonyl (C=O) groups is 1. The van der Waals surface area contributed by atoms with E-state index in [1.165, 1.54) is 6.20 Å². The second-order valence-corrected chi connectivity index (χ2v) is 3.54. The van der Waals surface area contributed by atoms with E-state index < -0.39 is 5.97 Å². The van der Waals surface area contributed by atoms with Crippen LogP contribution in [0.15, 0.2) is 6.20 Å². The lowest BCUT2D eigenvalue weighted by Gasteiger charge is -2.17. The highest BCUT2D eigenvalue weighted by Gasteiger charge is 2.12. The third kappa shape index (κ3) is 2.82. The maximum atomic E-state index is 10.7. The molecule has 0 spiro atoms. The molecule has 1 rings (SSSR count). The van der Waals surface area contributed by atoms with Crippen molar-refractivity contribution in [3.05, 3.63) is 11.9 Å². The molecule has 0 aromatic carbocycles. The van der Waals surface area contributed by atoms with Crippen LogP contribution in [0.5, 0.6) is 0 Å². The summed E-state index contributed by atoms with van der Waals surface area (Å²) in [5.41, 5.74) is 5.31. The Morgan fingerprint density at radius 3 is 2.81 bits per heavy atom. The summed E-state index contributed by atoms with van der Waals surface area (Å²) < 4.78 is 0. The molecule has 0 bridgehead atoms. The molecule has 6 nitrogen and oxygen atoms in total. The highest BCUT2D eigenvalue weighted by Crippen LogP contribution is 2.13. The van der Waals surface area contributed by atoms with Crippen LogP contribution in [0.25, 0.3) is 0 Å². The average molecular weight is 224 g/mol. The van der Waals surface area contributed by atoms with Gasteiger partial charge in [0, 0.05) is 13.6 Å². The Labute approximate surface area is 94.1 Å². The molecule has 88 valence electrons. The van der Waals surface area contributed by atoms with E-state index in [1.54, 1.807) is 0 Å². The standard InChI is InChI=1S/C10H16N4O2/c1-3-4-5-14(2)7-6-12-8(10(15)16)9(11)13-7/h6H,3-5H2,1-2H3,(H2,11,13)(H,15,16). The van der Waals surface area contributed by atoms with Crippen molar-refractivity contribution in [2.24, 2.45) is 0 Å². The number of nitrogens with zero attached hydrogens (tertiary/aromatic N) is 3. The van der Waals surface area contributed by atoms with E-state index >= 15 is 0 Å². The van der Waals surface area contributed by atoms with Crippen molar-refractivity contribution in [2.75, 3.05) is 24.2 Å². The lowest BCUT2D eigenvalue weighted by molar-refractivity contribution is 0.0691. The molecular weight excluding hydrogens is 208 g/mol. The molecule has 6 heteroatoms. The van der Waals surface area contributed by atoms with Crippen molar-refractivity contribution in [2.45, 2.75) is 19.8 Å². The molecule has 1 heterocycles. The van der Waals surface area contributed by atoms with Gasteiger partial charge < -0.3 is 15.7 Å². The van der Waals surface area contributed by atoms with Gasteiger partial charge in [-0.25, -0.2) is 14.8 Å². The zero-order valence-electron chi connectivity index (χ0n) is 9.47. The molecule has 0 radical (unpaired) electrons. The van der Waals surface area contributed by atoms with Gasteiger partial charge in [-0.05, 0) is 6.42 Å². The molecule has 0 aliphatic carbocycles. The highest BCUT2D eigenvalue weighted by atomic mass is 16.4. The predicted molar refractivity (Wildman–Crippen MR) is 61.6 cm³/mol. The van der Waals surface area contributed by atoms with E-state index in [2.05, 4.69) is 16.9 Å². The van der Waals surface area contributed by atoms with Gasteiger partial charge in [0.05, 0.1) is 6.20 Å². The smallest absolute Gasteiger partial charge is 0.358 e. The van der Waals surface area contributed by atoms with Crippen LogP contribution < -0.4 is 10.6 Å². The van der Waals surface area contributed by atoms with Gasteiger partial charge in [0.15, 0.2) is 11.5 Å². The maximum Gasteiger partial charge on any atom is 0.358 e. The van der Waals surface area contributed by atoms with Crippen LogP contribution in [0.1, 0.15) is 30.3 Å². The summed E-state index contributed by atoms with van der Waals surface area (Å²) >= 11 is 0. The first-order chi connectivity index (χ1) is 7.56. The lowest BCUT2D eigenvalue weighted by atomic mass is 10.3. The second-order valence-electron chi connectivity index (χ2n) is 3.54. The van der Waals surface area contributed by atoms with Gasteiger partial charge in [0.2, 0.25) is 0 Å². The number of unbranched alkanes of at least 4 members (excludes halogenated alkanes) is 1. The monoisotopic (exact) mass is 224 g/mol. The number of nitrogen functional groups attached to an aromatic ring is 1. The SMILES string of the molecule is CCCCN(C)c1cnc(C(=O)O)c(N)n1. The third-order valence-electron chi connectivity index (χ3n) is 2.23. The van der Waals surface area contributed by atoms with Crippen molar-refractivity contribution < 1.29 is 9.90 Å². The van der Waals surface area contributed by atoms with Crippen LogP contribution in [0.2, 0.25) is 0 Å². The van der Waals surface area contributed by atoms with Crippen molar-refractivity contribution >= 4 is 17.6 Å². The van der Waals surface area contributed by atoms with E-state index in [0.717, 1.165) is 19.4 Å². The molecule has 0 saturated carbocycles. The van der Waals surface area contributed by atoms with Gasteiger partial charge in [0.1, 0.15) is 5.82 Å². The van der Waals surface area contributed by atoms with Crippen molar-refractivity contribution in [3.8, 4) is 0 Å². The first-order valence-electron chi connectivity index (χ1n) is 5.13. The van der Waals surface area contributed by atoms with Crippen LogP contribution in [-0.4, -0.2) is 34.6 Å². The molecule has 1 aromatic rings. The minimum absolute atomic E-state index is 0.0478. The first-order valence-corrected chi connectivity index (χ1v) is 5.13. The topological polar surface area (TPSA) is 92.3 Å². The second kappa shape index (κ2) is 5.29. The number of carboxylic acids is 1. The molecule has 1 aromatic heterocycles. The fourth-order valence-corrected chi connectivity index (χ4v) is 1.25. The minimum Gasteiger partial charge on any atom is -0.476 e. The number of hydrogen-bond donors (Lipinski definition) is 2. The van der Waals surface area contributed by atoms with E-state index in [1.807, 2.05) is 11.9 Å². The van der Waals surface area contributed by atoms with Crippen molar-refractivity contribution in [1.82, 2.24) is 9.97 Å². The predicted octanol–water partition coefficient (Wildman–Crippen LogP) is 0.993. The Kier molecular flexibility index (Phi) is 4.04. The van der Waals surface area contributed by atoms with Crippen LogP contribution in [0, 0.1) is 0 Å². The summed E-state index contributed by atoms with van der Waals surface area (Å²) in [7, 11) is 1.87. The summed E-state index contributed by atoms with van der Waals surface area (Å²) in [4.78, 5) is 20.4. The number of hydrogen-bond acceptors (Lipinski definition) is 5. The van der Waals surface area contributed by atoms with Crippen LogP contribution >= 0.6 is 0 Å². The largest absolute Gasteiger partial charge is 0.476 e. The van der Waals surface area contributed by atoms with Crippen LogP contribution in [0.4, 0.5) is 11.6 Å². The highest BCUT2D eigenvalue weighted by molar-refractivity contribution is 5.90. The van der Waals surface area contributed by atoms with Crippen molar-refractivity contribution in [1.29, 1.82) is 0 Å². The van der Waals surface area contributed by atoms with E-state index in [4.69, 9.17) is 10.8 Å². The number of anilines is 2. The molecule has 0 fully saturated rings. The molecule has 0 aliphatic rings. The third-order valence-corrected chi connectivity index (χ3v) is 2.23. The Hall–Kier alpha value is -1.85. The fraction of sp³-hybridized carbons (Fsp3) is 0.500. The lowest BCUT2D eigenvalue weighted by Crippen LogP contribution is -2.21. The zero-order valence-corrected chi connectivity index (χ0v) is 9.47. The molecule has 3 N–H and O–H groups in total. The number of aromatic nitrogens is 2. The Bertz CT molecular complexity index is 381. The van der Waals surface area contributed by atoms with Gasteiger partial charge in [-0.2, -0.15) is 0 Å². The Morgan fingerprint density at radius 1 is 1.62 bits per heavy atom. The fourth-order valence-electron chi connectivity index (χ4n) is 1.25. The number of aromatic carboxylic acids is 1. The average Bonchev–Trinajstić information content (AvgIpc) is 2.25. The molecule has 0 unspecified atom stereocenters. The van der Waals surface area contributed by atoms with Crippen LogP contribution in [0.3, 0.4) is 0 Å². The number of carboxylic acid groups (broad SMARTS) is 1. The maximum absolute atomic E-state index is 10.7.